The summed E-state index contributed by atoms with van der Waals surface area (Å²) in [4.78, 5) is 0. The normalized spacial score (nSPS) is 21.5. The first-order chi connectivity index (χ1) is 6.20. The SMILES string of the molecule is C=C1CC(C)c2ccccc2C1=C. The van der Waals surface area contributed by atoms with Crippen LogP contribution in [0.3, 0.4) is 0 Å². The molecule has 66 valence electrons. The highest BCUT2D eigenvalue weighted by molar-refractivity contribution is 5.80. The molecule has 0 nitrogen and oxygen atoms in total. The van der Waals surface area contributed by atoms with Crippen molar-refractivity contribution in [3.8, 4) is 0 Å². The maximum absolute atomic E-state index is 4.07. The van der Waals surface area contributed by atoms with Crippen LogP contribution in [-0.4, -0.2) is 0 Å². The second-order valence-electron chi connectivity index (χ2n) is 3.77. The van der Waals surface area contributed by atoms with Crippen LogP contribution < -0.4 is 0 Å². The second-order valence-corrected chi connectivity index (χ2v) is 3.77. The molecule has 2 rings (SSSR count). The van der Waals surface area contributed by atoms with E-state index in [-0.39, 0.29) is 0 Å². The van der Waals surface area contributed by atoms with Crippen molar-refractivity contribution in [3.63, 3.8) is 0 Å². The summed E-state index contributed by atoms with van der Waals surface area (Å²) in [6.07, 6.45) is 1.05. The fraction of sp³-hybridized carbons (Fsp3) is 0.231. The van der Waals surface area contributed by atoms with Gasteiger partial charge in [-0.15, -0.1) is 0 Å². The summed E-state index contributed by atoms with van der Waals surface area (Å²) in [6.45, 7) is 10.4. The van der Waals surface area contributed by atoms with E-state index in [0.717, 1.165) is 12.0 Å². The van der Waals surface area contributed by atoms with E-state index in [4.69, 9.17) is 0 Å². The largest absolute Gasteiger partial charge is 0.0952 e. The van der Waals surface area contributed by atoms with E-state index >= 15 is 0 Å². The van der Waals surface area contributed by atoms with Gasteiger partial charge >= 0.3 is 0 Å². The lowest BCUT2D eigenvalue weighted by Gasteiger charge is -2.25. The van der Waals surface area contributed by atoms with Crippen molar-refractivity contribution >= 4 is 5.57 Å². The Morgan fingerprint density at radius 2 is 1.92 bits per heavy atom. The first kappa shape index (κ1) is 8.31. The van der Waals surface area contributed by atoms with Gasteiger partial charge in [0, 0.05) is 0 Å². The minimum absolute atomic E-state index is 0.592. The number of hydrogen-bond acceptors (Lipinski definition) is 0. The third-order valence-electron chi connectivity index (χ3n) is 2.80. The Hall–Kier alpha value is -1.30. The zero-order valence-electron chi connectivity index (χ0n) is 8.01. The van der Waals surface area contributed by atoms with Crippen molar-refractivity contribution < 1.29 is 0 Å². The average molecular weight is 170 g/mol. The van der Waals surface area contributed by atoms with Crippen LogP contribution in [0.15, 0.2) is 43.0 Å². The quantitative estimate of drug-likeness (QED) is 0.556. The number of fused-ring (bicyclic) bond motifs is 1. The van der Waals surface area contributed by atoms with E-state index in [9.17, 15) is 0 Å². The zero-order valence-corrected chi connectivity index (χ0v) is 8.01. The topological polar surface area (TPSA) is 0 Å². The van der Waals surface area contributed by atoms with Crippen molar-refractivity contribution in [2.24, 2.45) is 0 Å². The summed E-state index contributed by atoms with van der Waals surface area (Å²) in [7, 11) is 0. The van der Waals surface area contributed by atoms with Crippen molar-refractivity contribution in [2.45, 2.75) is 19.3 Å². The lowest BCUT2D eigenvalue weighted by atomic mass is 9.79. The third kappa shape index (κ3) is 1.23. The first-order valence-corrected chi connectivity index (χ1v) is 4.66. The fourth-order valence-corrected chi connectivity index (χ4v) is 1.99. The summed E-state index contributed by atoms with van der Waals surface area (Å²) in [6, 6.07) is 8.49. The summed E-state index contributed by atoms with van der Waals surface area (Å²) in [5.74, 6) is 0.592. The smallest absolute Gasteiger partial charge is 0.0144 e. The van der Waals surface area contributed by atoms with E-state index in [1.807, 2.05) is 0 Å². The molecular formula is C13H14. The number of rotatable bonds is 0. The Balaban J connectivity index is 2.60. The molecule has 0 fully saturated rings. The van der Waals surface area contributed by atoms with Gasteiger partial charge in [0.05, 0.1) is 0 Å². The van der Waals surface area contributed by atoms with E-state index < -0.39 is 0 Å². The van der Waals surface area contributed by atoms with Gasteiger partial charge in [0.1, 0.15) is 0 Å². The Bertz CT molecular complexity index is 371. The lowest BCUT2D eigenvalue weighted by Crippen LogP contribution is -2.07. The van der Waals surface area contributed by atoms with Gasteiger partial charge < -0.3 is 0 Å². The van der Waals surface area contributed by atoms with Crippen LogP contribution in [0.25, 0.3) is 5.57 Å². The molecule has 0 heterocycles. The van der Waals surface area contributed by atoms with Gasteiger partial charge in [-0.05, 0) is 34.6 Å². The molecule has 0 saturated heterocycles. The third-order valence-corrected chi connectivity index (χ3v) is 2.80. The van der Waals surface area contributed by atoms with E-state index in [0.29, 0.717) is 5.92 Å². The monoisotopic (exact) mass is 170 g/mol. The molecule has 1 aromatic carbocycles. The summed E-state index contributed by atoms with van der Waals surface area (Å²) in [5, 5.41) is 0. The summed E-state index contributed by atoms with van der Waals surface area (Å²) >= 11 is 0. The number of hydrogen-bond donors (Lipinski definition) is 0. The van der Waals surface area contributed by atoms with Gasteiger partial charge in [-0.3, -0.25) is 0 Å². The highest BCUT2D eigenvalue weighted by atomic mass is 14.2. The van der Waals surface area contributed by atoms with Crippen molar-refractivity contribution in [3.05, 3.63) is 54.1 Å². The molecule has 0 aromatic heterocycles. The van der Waals surface area contributed by atoms with Crippen LogP contribution in [0.2, 0.25) is 0 Å². The maximum atomic E-state index is 4.07. The minimum Gasteiger partial charge on any atom is -0.0952 e. The molecule has 0 heteroatoms. The average Bonchev–Trinajstić information content (AvgIpc) is 2.15. The van der Waals surface area contributed by atoms with Gasteiger partial charge in [-0.2, -0.15) is 0 Å². The van der Waals surface area contributed by atoms with Crippen LogP contribution in [-0.2, 0) is 0 Å². The lowest BCUT2D eigenvalue weighted by molar-refractivity contribution is 0.749. The van der Waals surface area contributed by atoms with Crippen molar-refractivity contribution in [2.75, 3.05) is 0 Å². The second kappa shape index (κ2) is 2.88. The molecule has 1 aliphatic carbocycles. The molecule has 1 aliphatic rings. The fourth-order valence-electron chi connectivity index (χ4n) is 1.99. The first-order valence-electron chi connectivity index (χ1n) is 4.66. The molecule has 0 N–H and O–H groups in total. The number of benzene rings is 1. The van der Waals surface area contributed by atoms with Gasteiger partial charge in [-0.25, -0.2) is 0 Å². The Morgan fingerprint density at radius 3 is 2.69 bits per heavy atom. The van der Waals surface area contributed by atoms with Gasteiger partial charge in [0.15, 0.2) is 0 Å². The predicted octanol–water partition coefficient (Wildman–Crippen LogP) is 3.76. The highest BCUT2D eigenvalue weighted by Crippen LogP contribution is 2.39. The van der Waals surface area contributed by atoms with E-state index in [2.05, 4.69) is 44.3 Å². The van der Waals surface area contributed by atoms with Crippen LogP contribution in [0, 0.1) is 0 Å². The van der Waals surface area contributed by atoms with Crippen molar-refractivity contribution in [1.82, 2.24) is 0 Å². The molecule has 0 amide bonds. The van der Waals surface area contributed by atoms with Gasteiger partial charge in [0.2, 0.25) is 0 Å². The summed E-state index contributed by atoms with van der Waals surface area (Å²) < 4.78 is 0. The molecule has 0 saturated carbocycles. The number of allylic oxidation sites excluding steroid dienone is 2. The molecule has 0 radical (unpaired) electrons. The molecule has 0 bridgehead atoms. The van der Waals surface area contributed by atoms with Gasteiger partial charge in [-0.1, -0.05) is 44.3 Å². The zero-order chi connectivity index (χ0) is 9.42. The maximum Gasteiger partial charge on any atom is -0.0144 e. The minimum atomic E-state index is 0.592. The van der Waals surface area contributed by atoms with Crippen LogP contribution in [0.1, 0.15) is 30.4 Å². The van der Waals surface area contributed by atoms with Crippen LogP contribution in [0.5, 0.6) is 0 Å². The van der Waals surface area contributed by atoms with Crippen LogP contribution >= 0.6 is 0 Å². The molecule has 0 aliphatic heterocycles. The summed E-state index contributed by atoms with van der Waals surface area (Å²) in [5.41, 5.74) is 5.01. The van der Waals surface area contributed by atoms with E-state index in [1.165, 1.54) is 16.7 Å². The van der Waals surface area contributed by atoms with Gasteiger partial charge in [0.25, 0.3) is 0 Å². The Kier molecular flexibility index (Phi) is 1.84. The molecular weight excluding hydrogens is 156 g/mol. The molecule has 0 spiro atoms. The predicted molar refractivity (Wildman–Crippen MR) is 57.6 cm³/mol. The molecule has 1 unspecified atom stereocenters. The standard InChI is InChI=1S/C13H14/c1-9-8-10(2)12-6-4-5-7-13(12)11(9)3/h4-7,10H,1,3,8H2,2H3. The van der Waals surface area contributed by atoms with Crippen molar-refractivity contribution in [1.29, 1.82) is 0 Å². The Morgan fingerprint density at radius 1 is 1.23 bits per heavy atom. The van der Waals surface area contributed by atoms with E-state index in [1.54, 1.807) is 0 Å². The molecule has 1 aromatic rings. The Labute approximate surface area is 79.6 Å². The highest BCUT2D eigenvalue weighted by Gasteiger charge is 2.20. The molecule has 1 atom stereocenters. The van der Waals surface area contributed by atoms with Crippen LogP contribution in [0.4, 0.5) is 0 Å². The molecule has 13 heavy (non-hydrogen) atoms.